The van der Waals surface area contributed by atoms with Gasteiger partial charge in [0.05, 0.1) is 26.7 Å². The summed E-state index contributed by atoms with van der Waals surface area (Å²) in [6.07, 6.45) is 27.3. The Bertz CT molecular complexity index is 417. The standard InChI is InChI=1S/C27H54NO3/c1-3-4-5-6-7-8-9-10-11-12-13-14-15-16-17-18-19-20-21-22-27(31)28(2,23-25-29)24-26-30/h10-11,29-30H,3-9,12-26H2,1-2H3/q+1. The number of unbranched alkanes of at least 4 members (excludes halogenated alkanes) is 15. The van der Waals surface area contributed by atoms with Gasteiger partial charge in [-0.15, -0.1) is 0 Å². The molecule has 0 heterocycles. The van der Waals surface area contributed by atoms with Crippen LogP contribution in [0.1, 0.15) is 122 Å². The second-order valence-corrected chi connectivity index (χ2v) is 9.43. The highest BCUT2D eigenvalue weighted by molar-refractivity contribution is 5.68. The molecule has 0 aliphatic heterocycles. The van der Waals surface area contributed by atoms with Gasteiger partial charge in [0.25, 0.3) is 0 Å². The molecule has 0 aliphatic rings. The van der Waals surface area contributed by atoms with Gasteiger partial charge in [0, 0.05) is 0 Å². The van der Waals surface area contributed by atoms with Crippen LogP contribution in [0.5, 0.6) is 0 Å². The van der Waals surface area contributed by atoms with E-state index in [-0.39, 0.29) is 23.6 Å². The fourth-order valence-corrected chi connectivity index (χ4v) is 4.13. The molecule has 0 fully saturated rings. The zero-order valence-corrected chi connectivity index (χ0v) is 21.0. The Morgan fingerprint density at radius 3 is 1.45 bits per heavy atom. The van der Waals surface area contributed by atoms with Gasteiger partial charge >= 0.3 is 5.91 Å². The lowest BCUT2D eigenvalue weighted by Gasteiger charge is -2.30. The molecule has 0 unspecified atom stereocenters. The van der Waals surface area contributed by atoms with Crippen LogP contribution in [0, 0.1) is 0 Å². The maximum absolute atomic E-state index is 12.4. The van der Waals surface area contributed by atoms with Gasteiger partial charge in [-0.25, -0.2) is 4.79 Å². The Hall–Kier alpha value is -0.710. The first-order valence-electron chi connectivity index (χ1n) is 13.4. The largest absolute Gasteiger partial charge is 0.390 e. The first-order valence-corrected chi connectivity index (χ1v) is 13.4. The zero-order valence-electron chi connectivity index (χ0n) is 21.0. The summed E-state index contributed by atoms with van der Waals surface area (Å²) in [5, 5.41) is 18.3. The average Bonchev–Trinajstić information content (AvgIpc) is 2.75. The smallest absolute Gasteiger partial charge is 0.313 e. The summed E-state index contributed by atoms with van der Waals surface area (Å²) in [5.41, 5.74) is 0. The summed E-state index contributed by atoms with van der Waals surface area (Å²) in [5.74, 6) is 0.143. The van der Waals surface area contributed by atoms with Crippen molar-refractivity contribution in [1.82, 2.24) is 0 Å². The molecule has 4 nitrogen and oxygen atoms in total. The Kier molecular flexibility index (Phi) is 22.0. The van der Waals surface area contributed by atoms with Crippen LogP contribution in [0.25, 0.3) is 0 Å². The molecule has 4 heteroatoms. The van der Waals surface area contributed by atoms with Gasteiger partial charge in [-0.2, -0.15) is 0 Å². The number of likely N-dealkylation sites (N-methyl/N-ethyl adjacent to an activating group) is 1. The minimum atomic E-state index is -0.0161. The van der Waals surface area contributed by atoms with E-state index in [1.807, 2.05) is 7.05 Å². The first-order chi connectivity index (χ1) is 15.1. The number of rotatable bonds is 23. The van der Waals surface area contributed by atoms with Crippen LogP contribution < -0.4 is 0 Å². The average molecular weight is 441 g/mol. The van der Waals surface area contributed by atoms with Crippen molar-refractivity contribution >= 4 is 5.91 Å². The fraction of sp³-hybridized carbons (Fsp3) is 0.889. The maximum Gasteiger partial charge on any atom is 0.313 e. The molecule has 0 aromatic carbocycles. The van der Waals surface area contributed by atoms with E-state index in [1.165, 1.54) is 96.3 Å². The predicted octanol–water partition coefficient (Wildman–Crippen LogP) is 6.54. The van der Waals surface area contributed by atoms with Crippen LogP contribution in [0.15, 0.2) is 12.2 Å². The van der Waals surface area contributed by atoms with Crippen LogP contribution in [-0.2, 0) is 4.79 Å². The van der Waals surface area contributed by atoms with Crippen molar-refractivity contribution in [2.24, 2.45) is 0 Å². The number of aliphatic hydroxyl groups is 2. The number of nitrogens with zero attached hydrogens (tertiary/aromatic N) is 1. The number of carbonyl (C=O) groups excluding carboxylic acids is 1. The van der Waals surface area contributed by atoms with Gasteiger partial charge in [-0.3, -0.25) is 4.48 Å². The Labute approximate surface area is 193 Å². The van der Waals surface area contributed by atoms with Gasteiger partial charge in [0.15, 0.2) is 0 Å². The van der Waals surface area contributed by atoms with E-state index in [2.05, 4.69) is 19.1 Å². The molecule has 0 spiro atoms. The van der Waals surface area contributed by atoms with Gasteiger partial charge in [-0.05, 0) is 32.1 Å². The normalized spacial score (nSPS) is 12.1. The van der Waals surface area contributed by atoms with Crippen LogP contribution >= 0.6 is 0 Å². The summed E-state index contributed by atoms with van der Waals surface area (Å²) in [7, 11) is 1.82. The van der Waals surface area contributed by atoms with E-state index < -0.39 is 0 Å². The van der Waals surface area contributed by atoms with Gasteiger partial charge < -0.3 is 10.2 Å². The summed E-state index contributed by atoms with van der Waals surface area (Å²) >= 11 is 0. The molecule has 0 saturated heterocycles. The quantitative estimate of drug-likeness (QED) is 0.108. The topological polar surface area (TPSA) is 57.5 Å². The first kappa shape index (κ1) is 30.3. The van der Waals surface area contributed by atoms with Crippen LogP contribution in [0.4, 0.5) is 0 Å². The number of hydrogen-bond acceptors (Lipinski definition) is 3. The summed E-state index contributed by atoms with van der Waals surface area (Å²) in [4.78, 5) is 12.4. The van der Waals surface area contributed by atoms with Crippen molar-refractivity contribution in [3.05, 3.63) is 12.2 Å². The molecule has 2 N–H and O–H groups in total. The fourth-order valence-electron chi connectivity index (χ4n) is 4.13. The van der Waals surface area contributed by atoms with E-state index >= 15 is 0 Å². The highest BCUT2D eigenvalue weighted by Gasteiger charge is 2.29. The van der Waals surface area contributed by atoms with Crippen molar-refractivity contribution < 1.29 is 19.5 Å². The van der Waals surface area contributed by atoms with E-state index in [0.717, 1.165) is 12.8 Å². The molecule has 0 rings (SSSR count). The van der Waals surface area contributed by atoms with Gasteiger partial charge in [0.1, 0.15) is 13.1 Å². The number of amides is 1. The molecule has 0 aromatic heterocycles. The third-order valence-corrected chi connectivity index (χ3v) is 6.44. The summed E-state index contributed by atoms with van der Waals surface area (Å²) < 4.78 is 0.154. The summed E-state index contributed by atoms with van der Waals surface area (Å²) in [6.45, 7) is 3.03. The molecule has 0 atom stereocenters. The second-order valence-electron chi connectivity index (χ2n) is 9.43. The van der Waals surface area contributed by atoms with Crippen molar-refractivity contribution in [3.63, 3.8) is 0 Å². The number of carbonyl (C=O) groups is 1. The number of hydrogen-bond donors (Lipinski definition) is 2. The highest BCUT2D eigenvalue weighted by Crippen LogP contribution is 2.14. The third-order valence-electron chi connectivity index (χ3n) is 6.44. The monoisotopic (exact) mass is 440 g/mol. The van der Waals surface area contributed by atoms with Crippen LogP contribution in [0.3, 0.4) is 0 Å². The lowest BCUT2D eigenvalue weighted by molar-refractivity contribution is -0.835. The third kappa shape index (κ3) is 18.6. The minimum absolute atomic E-state index is 0.0161. The maximum atomic E-state index is 12.4. The lowest BCUT2D eigenvalue weighted by atomic mass is 10.0. The van der Waals surface area contributed by atoms with Gasteiger partial charge in [-0.1, -0.05) is 96.1 Å². The molecule has 0 aliphatic carbocycles. The van der Waals surface area contributed by atoms with E-state index in [4.69, 9.17) is 10.2 Å². The Morgan fingerprint density at radius 1 is 0.645 bits per heavy atom. The summed E-state index contributed by atoms with van der Waals surface area (Å²) in [6, 6.07) is 0. The van der Waals surface area contributed by atoms with Crippen molar-refractivity contribution in [2.45, 2.75) is 122 Å². The molecule has 184 valence electrons. The minimum Gasteiger partial charge on any atom is -0.390 e. The van der Waals surface area contributed by atoms with Crippen molar-refractivity contribution in [2.75, 3.05) is 33.4 Å². The Morgan fingerprint density at radius 2 is 1.03 bits per heavy atom. The molecular weight excluding hydrogens is 386 g/mol. The predicted molar refractivity (Wildman–Crippen MR) is 133 cm³/mol. The second kappa shape index (κ2) is 22.5. The van der Waals surface area contributed by atoms with Gasteiger partial charge in [0.2, 0.25) is 0 Å². The number of quaternary nitrogens is 1. The number of allylic oxidation sites excluding steroid dienone is 2. The van der Waals surface area contributed by atoms with E-state index in [0.29, 0.717) is 19.5 Å². The molecule has 1 amide bonds. The van der Waals surface area contributed by atoms with Crippen molar-refractivity contribution in [3.8, 4) is 0 Å². The molecule has 0 aromatic rings. The lowest BCUT2D eigenvalue weighted by Crippen LogP contribution is -2.52. The molecule has 0 bridgehead atoms. The SMILES string of the molecule is CCCCCCCCC=CCCCCCCCCCCCC(=O)[N+](C)(CCO)CCO. The highest BCUT2D eigenvalue weighted by atomic mass is 16.3. The molecular formula is C27H54NO3+. The molecule has 31 heavy (non-hydrogen) atoms. The van der Waals surface area contributed by atoms with Crippen molar-refractivity contribution in [1.29, 1.82) is 0 Å². The molecule has 0 radical (unpaired) electrons. The molecule has 0 saturated carbocycles. The van der Waals surface area contributed by atoms with E-state index in [1.54, 1.807) is 0 Å². The number of aliphatic hydroxyl groups excluding tert-OH is 2. The Balaban J connectivity index is 3.41. The van der Waals surface area contributed by atoms with Crippen LogP contribution in [-0.4, -0.2) is 54.0 Å². The zero-order chi connectivity index (χ0) is 23.0. The van der Waals surface area contributed by atoms with Crippen LogP contribution in [0.2, 0.25) is 0 Å². The van der Waals surface area contributed by atoms with E-state index in [9.17, 15) is 4.79 Å².